The maximum absolute atomic E-state index is 13.0. The summed E-state index contributed by atoms with van der Waals surface area (Å²) in [4.78, 5) is 23.4. The van der Waals surface area contributed by atoms with Gasteiger partial charge in [0.05, 0.1) is 0 Å². The summed E-state index contributed by atoms with van der Waals surface area (Å²) in [6.45, 7) is 4.86. The van der Waals surface area contributed by atoms with Gasteiger partial charge in [-0.15, -0.1) is 0 Å². The second-order valence-corrected chi connectivity index (χ2v) is 6.49. The Morgan fingerprint density at radius 1 is 1.07 bits per heavy atom. The first-order valence-corrected chi connectivity index (χ1v) is 9.15. The van der Waals surface area contributed by atoms with Gasteiger partial charge in [-0.05, 0) is 43.7 Å². The van der Waals surface area contributed by atoms with Crippen LogP contribution in [0, 0.1) is 6.92 Å². The molecule has 0 bridgehead atoms. The minimum absolute atomic E-state index is 0.149. The van der Waals surface area contributed by atoms with E-state index in [-0.39, 0.29) is 5.91 Å². The van der Waals surface area contributed by atoms with Gasteiger partial charge in [0, 0.05) is 29.9 Å². The van der Waals surface area contributed by atoms with Crippen LogP contribution in [0.1, 0.15) is 28.8 Å². The molecule has 3 rings (SSSR count). The Morgan fingerprint density at radius 3 is 2.44 bits per heavy atom. The van der Waals surface area contributed by atoms with E-state index in [1.54, 1.807) is 17.9 Å². The zero-order valence-electron chi connectivity index (χ0n) is 15.3. The van der Waals surface area contributed by atoms with Gasteiger partial charge in [-0.3, -0.25) is 4.79 Å². The topological polar surface area (TPSA) is 58.1 Å². The molecule has 0 saturated carbocycles. The van der Waals surface area contributed by atoms with Gasteiger partial charge in [-0.25, -0.2) is 9.97 Å². The maximum atomic E-state index is 13.0. The van der Waals surface area contributed by atoms with Gasteiger partial charge >= 0.3 is 0 Å². The molecule has 5 nitrogen and oxygen atoms in total. The monoisotopic (exact) mass is 380 g/mol. The molecule has 0 aliphatic carbocycles. The maximum Gasteiger partial charge on any atom is 0.277 e. The summed E-state index contributed by atoms with van der Waals surface area (Å²) in [5.74, 6) is 1.01. The number of rotatable bonds is 6. The summed E-state index contributed by atoms with van der Waals surface area (Å²) in [6, 6.07) is 18.9. The number of carbonyl (C=O) groups is 1. The van der Waals surface area contributed by atoms with Crippen LogP contribution in [0.5, 0.6) is 0 Å². The molecule has 2 aromatic carbocycles. The van der Waals surface area contributed by atoms with Crippen molar-refractivity contribution in [2.75, 3.05) is 16.8 Å². The van der Waals surface area contributed by atoms with Crippen LogP contribution in [-0.2, 0) is 6.54 Å². The van der Waals surface area contributed by atoms with Crippen LogP contribution < -0.4 is 10.2 Å². The van der Waals surface area contributed by atoms with Gasteiger partial charge < -0.3 is 10.2 Å². The van der Waals surface area contributed by atoms with E-state index in [0.29, 0.717) is 35.4 Å². The van der Waals surface area contributed by atoms with Crippen LogP contribution >= 0.6 is 11.6 Å². The number of para-hydroxylation sites is 1. The highest BCUT2D eigenvalue weighted by Gasteiger charge is 2.18. The molecule has 0 fully saturated rings. The average molecular weight is 381 g/mol. The first kappa shape index (κ1) is 18.9. The lowest BCUT2D eigenvalue weighted by Crippen LogP contribution is -2.31. The molecule has 0 aliphatic heterocycles. The van der Waals surface area contributed by atoms with Crippen molar-refractivity contribution in [1.82, 2.24) is 9.97 Å². The minimum Gasteiger partial charge on any atom is -0.366 e. The number of hydrogen-bond acceptors (Lipinski definition) is 4. The Labute approximate surface area is 164 Å². The summed E-state index contributed by atoms with van der Waals surface area (Å²) in [5.41, 5.74) is 2.28. The lowest BCUT2D eigenvalue weighted by Gasteiger charge is -2.21. The van der Waals surface area contributed by atoms with Crippen molar-refractivity contribution in [3.63, 3.8) is 0 Å². The molecular formula is C21H21ClN4O. The summed E-state index contributed by atoms with van der Waals surface area (Å²) >= 11 is 5.92. The second-order valence-electron chi connectivity index (χ2n) is 6.05. The molecule has 0 atom stereocenters. The predicted octanol–water partition coefficient (Wildman–Crippen LogP) is 4.72. The van der Waals surface area contributed by atoms with Crippen LogP contribution in [0.25, 0.3) is 0 Å². The Morgan fingerprint density at radius 2 is 1.78 bits per heavy atom. The zero-order valence-corrected chi connectivity index (χ0v) is 16.1. The van der Waals surface area contributed by atoms with E-state index in [0.717, 1.165) is 11.3 Å². The summed E-state index contributed by atoms with van der Waals surface area (Å²) in [5, 5.41) is 3.95. The number of benzene rings is 2. The summed E-state index contributed by atoms with van der Waals surface area (Å²) in [7, 11) is 0. The number of carbonyl (C=O) groups excluding carboxylic acids is 1. The van der Waals surface area contributed by atoms with E-state index in [1.807, 2.05) is 61.5 Å². The average Bonchev–Trinajstić information content (AvgIpc) is 2.68. The Balaban J connectivity index is 1.79. The minimum atomic E-state index is -0.149. The van der Waals surface area contributed by atoms with Gasteiger partial charge in [0.1, 0.15) is 17.3 Å². The van der Waals surface area contributed by atoms with Gasteiger partial charge in [-0.1, -0.05) is 41.9 Å². The third kappa shape index (κ3) is 4.83. The number of aromatic nitrogens is 2. The molecule has 3 aromatic rings. The standard InChI is InChI=1S/C21H21ClN4O/c1-3-26(18-7-5-4-6-8-18)21(27)19-13-20(25-15(2)24-19)23-14-16-9-11-17(22)12-10-16/h4-13H,3,14H2,1-2H3,(H,23,24,25). The van der Waals surface area contributed by atoms with E-state index in [9.17, 15) is 4.79 Å². The lowest BCUT2D eigenvalue weighted by atomic mass is 10.2. The van der Waals surface area contributed by atoms with E-state index >= 15 is 0 Å². The lowest BCUT2D eigenvalue weighted by molar-refractivity contribution is 0.0983. The van der Waals surface area contributed by atoms with Gasteiger partial charge in [0.2, 0.25) is 0 Å². The van der Waals surface area contributed by atoms with Crippen molar-refractivity contribution in [3.8, 4) is 0 Å². The summed E-state index contributed by atoms with van der Waals surface area (Å²) < 4.78 is 0. The molecule has 0 saturated heterocycles. The molecule has 0 radical (unpaired) electrons. The molecule has 0 unspecified atom stereocenters. The third-order valence-electron chi connectivity index (χ3n) is 4.07. The van der Waals surface area contributed by atoms with Gasteiger partial charge in [0.25, 0.3) is 5.91 Å². The van der Waals surface area contributed by atoms with Crippen LogP contribution in [0.2, 0.25) is 5.02 Å². The number of amides is 1. The molecule has 1 N–H and O–H groups in total. The third-order valence-corrected chi connectivity index (χ3v) is 4.33. The van der Waals surface area contributed by atoms with Crippen molar-refractivity contribution in [1.29, 1.82) is 0 Å². The molecule has 6 heteroatoms. The molecule has 0 spiro atoms. The Kier molecular flexibility index (Phi) is 6.04. The Hall–Kier alpha value is -2.92. The quantitative estimate of drug-likeness (QED) is 0.672. The van der Waals surface area contributed by atoms with Gasteiger partial charge in [-0.2, -0.15) is 0 Å². The molecule has 1 amide bonds. The highest BCUT2D eigenvalue weighted by Crippen LogP contribution is 2.18. The van der Waals surface area contributed by atoms with E-state index < -0.39 is 0 Å². The molecule has 1 aromatic heterocycles. The number of aryl methyl sites for hydroxylation is 1. The predicted molar refractivity (Wildman–Crippen MR) is 109 cm³/mol. The van der Waals surface area contributed by atoms with Gasteiger partial charge in [0.15, 0.2) is 0 Å². The first-order chi connectivity index (χ1) is 13.1. The fraction of sp³-hybridized carbons (Fsp3) is 0.190. The highest BCUT2D eigenvalue weighted by molar-refractivity contribution is 6.30. The molecule has 0 aliphatic rings. The first-order valence-electron chi connectivity index (χ1n) is 8.77. The largest absolute Gasteiger partial charge is 0.366 e. The van der Waals surface area contributed by atoms with E-state index in [1.165, 1.54) is 0 Å². The van der Waals surface area contributed by atoms with Crippen molar-refractivity contribution >= 4 is 29.0 Å². The Bertz CT molecular complexity index is 913. The van der Waals surface area contributed by atoms with Crippen molar-refractivity contribution in [2.45, 2.75) is 20.4 Å². The van der Waals surface area contributed by atoms with E-state index in [4.69, 9.17) is 11.6 Å². The SMILES string of the molecule is CCN(C(=O)c1cc(NCc2ccc(Cl)cc2)nc(C)n1)c1ccccc1. The second kappa shape index (κ2) is 8.64. The number of hydrogen-bond donors (Lipinski definition) is 1. The molecule has 138 valence electrons. The number of nitrogens with zero attached hydrogens (tertiary/aromatic N) is 3. The molecular weight excluding hydrogens is 360 g/mol. The van der Waals surface area contributed by atoms with Crippen molar-refractivity contribution < 1.29 is 4.79 Å². The number of halogens is 1. The van der Waals surface area contributed by atoms with Crippen molar-refractivity contribution in [3.05, 3.63) is 82.8 Å². The smallest absolute Gasteiger partial charge is 0.277 e. The summed E-state index contributed by atoms with van der Waals surface area (Å²) in [6.07, 6.45) is 0. The van der Waals surface area contributed by atoms with Crippen molar-refractivity contribution in [2.24, 2.45) is 0 Å². The fourth-order valence-corrected chi connectivity index (χ4v) is 2.88. The zero-order chi connectivity index (χ0) is 19.2. The number of anilines is 2. The number of nitrogens with one attached hydrogen (secondary N) is 1. The molecule has 27 heavy (non-hydrogen) atoms. The van der Waals surface area contributed by atoms with E-state index in [2.05, 4.69) is 15.3 Å². The normalized spacial score (nSPS) is 10.5. The van der Waals surface area contributed by atoms with Crippen LogP contribution in [0.4, 0.5) is 11.5 Å². The molecule has 1 heterocycles. The van der Waals surface area contributed by atoms with Crippen LogP contribution in [0.15, 0.2) is 60.7 Å². The fourth-order valence-electron chi connectivity index (χ4n) is 2.75. The highest BCUT2D eigenvalue weighted by atomic mass is 35.5. The van der Waals surface area contributed by atoms with Crippen LogP contribution in [0.3, 0.4) is 0 Å². The van der Waals surface area contributed by atoms with Crippen LogP contribution in [-0.4, -0.2) is 22.4 Å².